The quantitative estimate of drug-likeness (QED) is 0.554. The van der Waals surface area contributed by atoms with Crippen LogP contribution >= 0.6 is 12.6 Å². The van der Waals surface area contributed by atoms with Crippen molar-refractivity contribution in [2.24, 2.45) is 0 Å². The SMILES string of the molecule is C[Si](C)(O)O[Si](C)(C)CCCS. The average molecular weight is 224 g/mol. The van der Waals surface area contributed by atoms with Crippen molar-refractivity contribution >= 4 is 29.5 Å². The van der Waals surface area contributed by atoms with Crippen LogP contribution in [0.5, 0.6) is 0 Å². The van der Waals surface area contributed by atoms with E-state index < -0.39 is 16.9 Å². The molecule has 5 heteroatoms. The van der Waals surface area contributed by atoms with E-state index in [-0.39, 0.29) is 0 Å². The molecular weight excluding hydrogens is 204 g/mol. The molecule has 0 aliphatic carbocycles. The zero-order valence-corrected chi connectivity index (χ0v) is 11.3. The van der Waals surface area contributed by atoms with E-state index in [9.17, 15) is 4.80 Å². The monoisotopic (exact) mass is 224 g/mol. The van der Waals surface area contributed by atoms with Gasteiger partial charge in [0.2, 0.25) is 0 Å². The van der Waals surface area contributed by atoms with E-state index in [4.69, 9.17) is 4.12 Å². The van der Waals surface area contributed by atoms with Gasteiger partial charge in [-0.3, -0.25) is 0 Å². The molecule has 0 aliphatic heterocycles. The van der Waals surface area contributed by atoms with E-state index in [2.05, 4.69) is 25.7 Å². The van der Waals surface area contributed by atoms with Crippen LogP contribution in [-0.2, 0) is 4.12 Å². The van der Waals surface area contributed by atoms with Crippen LogP contribution in [0.3, 0.4) is 0 Å². The van der Waals surface area contributed by atoms with E-state index in [1.54, 1.807) is 0 Å². The Morgan fingerprint density at radius 3 is 2.08 bits per heavy atom. The van der Waals surface area contributed by atoms with Crippen LogP contribution in [0.25, 0.3) is 0 Å². The lowest BCUT2D eigenvalue weighted by Crippen LogP contribution is -2.44. The maximum Gasteiger partial charge on any atom is 0.318 e. The van der Waals surface area contributed by atoms with Crippen LogP contribution in [0.15, 0.2) is 0 Å². The zero-order valence-electron chi connectivity index (χ0n) is 8.42. The van der Waals surface area contributed by atoms with E-state index in [1.165, 1.54) is 0 Å². The molecular formula is C7H20O2SSi2. The van der Waals surface area contributed by atoms with Gasteiger partial charge in [-0.25, -0.2) is 0 Å². The Hall–Kier alpha value is 0.704. The zero-order chi connectivity index (χ0) is 9.83. The van der Waals surface area contributed by atoms with Gasteiger partial charge in [0.15, 0.2) is 8.32 Å². The van der Waals surface area contributed by atoms with E-state index >= 15 is 0 Å². The third kappa shape index (κ3) is 7.36. The molecule has 0 bridgehead atoms. The molecule has 0 heterocycles. The topological polar surface area (TPSA) is 29.5 Å². The first-order valence-corrected chi connectivity index (χ1v) is 10.9. The summed E-state index contributed by atoms with van der Waals surface area (Å²) in [7, 11) is -3.90. The summed E-state index contributed by atoms with van der Waals surface area (Å²) in [4.78, 5) is 9.58. The molecule has 0 saturated carbocycles. The summed E-state index contributed by atoms with van der Waals surface area (Å²) < 4.78 is 5.73. The molecule has 0 aliphatic rings. The molecule has 0 aromatic rings. The fourth-order valence-electron chi connectivity index (χ4n) is 1.23. The van der Waals surface area contributed by atoms with E-state index in [0.717, 1.165) is 18.2 Å². The molecule has 0 aromatic heterocycles. The van der Waals surface area contributed by atoms with Crippen LogP contribution in [0, 0.1) is 0 Å². The Morgan fingerprint density at radius 1 is 1.25 bits per heavy atom. The molecule has 0 saturated heterocycles. The highest BCUT2D eigenvalue weighted by molar-refractivity contribution is 7.80. The Bertz CT molecular complexity index is 134. The van der Waals surface area contributed by atoms with Crippen LogP contribution < -0.4 is 0 Å². The van der Waals surface area contributed by atoms with Gasteiger partial charge < -0.3 is 8.91 Å². The molecule has 1 N–H and O–H groups in total. The van der Waals surface area contributed by atoms with Gasteiger partial charge in [-0.1, -0.05) is 0 Å². The smallest absolute Gasteiger partial charge is 0.318 e. The van der Waals surface area contributed by atoms with Crippen molar-refractivity contribution in [1.29, 1.82) is 0 Å². The lowest BCUT2D eigenvalue weighted by molar-refractivity contribution is 0.385. The second-order valence-corrected chi connectivity index (χ2v) is 12.3. The molecule has 12 heavy (non-hydrogen) atoms. The van der Waals surface area contributed by atoms with Crippen molar-refractivity contribution in [2.45, 2.75) is 38.7 Å². The minimum atomic E-state index is -2.31. The van der Waals surface area contributed by atoms with Crippen molar-refractivity contribution in [3.8, 4) is 0 Å². The molecule has 0 rings (SSSR count). The Labute approximate surface area is 83.1 Å². The maximum absolute atomic E-state index is 9.58. The van der Waals surface area contributed by atoms with Crippen molar-refractivity contribution in [2.75, 3.05) is 5.75 Å². The van der Waals surface area contributed by atoms with Gasteiger partial charge in [-0.15, -0.1) is 0 Å². The highest BCUT2D eigenvalue weighted by atomic mass is 32.1. The van der Waals surface area contributed by atoms with Gasteiger partial charge >= 0.3 is 8.56 Å². The highest BCUT2D eigenvalue weighted by Crippen LogP contribution is 2.18. The fraction of sp³-hybridized carbons (Fsp3) is 1.00. The van der Waals surface area contributed by atoms with Crippen molar-refractivity contribution in [3.63, 3.8) is 0 Å². The van der Waals surface area contributed by atoms with Crippen molar-refractivity contribution < 1.29 is 8.91 Å². The van der Waals surface area contributed by atoms with Gasteiger partial charge in [-0.05, 0) is 44.4 Å². The third-order valence-corrected chi connectivity index (χ3v) is 7.55. The first-order chi connectivity index (χ1) is 5.27. The Kier molecular flexibility index (Phi) is 5.09. The van der Waals surface area contributed by atoms with Gasteiger partial charge in [0, 0.05) is 0 Å². The molecule has 0 aromatic carbocycles. The van der Waals surface area contributed by atoms with Crippen molar-refractivity contribution in [3.05, 3.63) is 0 Å². The van der Waals surface area contributed by atoms with Crippen LogP contribution in [0.2, 0.25) is 32.2 Å². The molecule has 0 atom stereocenters. The normalized spacial score (nSPS) is 13.5. The molecule has 0 unspecified atom stereocenters. The largest absolute Gasteiger partial charge is 0.436 e. The summed E-state index contributed by atoms with van der Waals surface area (Å²) >= 11 is 4.16. The molecule has 0 radical (unpaired) electrons. The molecule has 2 nitrogen and oxygen atoms in total. The maximum atomic E-state index is 9.58. The second kappa shape index (κ2) is 4.81. The summed E-state index contributed by atoms with van der Waals surface area (Å²) in [6.45, 7) is 7.95. The lowest BCUT2D eigenvalue weighted by Gasteiger charge is -2.29. The van der Waals surface area contributed by atoms with Crippen LogP contribution in [0.1, 0.15) is 6.42 Å². The number of hydrogen-bond acceptors (Lipinski definition) is 3. The predicted octanol–water partition coefficient (Wildman–Crippen LogP) is 2.22. The van der Waals surface area contributed by atoms with Gasteiger partial charge in [-0.2, -0.15) is 12.6 Å². The van der Waals surface area contributed by atoms with E-state index in [1.807, 2.05) is 13.1 Å². The third-order valence-electron chi connectivity index (χ3n) is 1.46. The standard InChI is InChI=1S/C7H20O2SSi2/c1-11(2,7-5-6-10)9-12(3,4)8/h8,10H,5-7H2,1-4H3. The first-order valence-electron chi connectivity index (χ1n) is 4.30. The summed E-state index contributed by atoms with van der Waals surface area (Å²) in [5.41, 5.74) is 0. The van der Waals surface area contributed by atoms with Crippen LogP contribution in [-0.4, -0.2) is 27.4 Å². The first kappa shape index (κ1) is 12.7. The number of thiol groups is 1. The van der Waals surface area contributed by atoms with Crippen molar-refractivity contribution in [1.82, 2.24) is 0 Å². The molecule has 74 valence electrons. The summed E-state index contributed by atoms with van der Waals surface area (Å²) in [6, 6.07) is 1.09. The summed E-state index contributed by atoms with van der Waals surface area (Å²) in [6.07, 6.45) is 1.09. The minimum absolute atomic E-state index is 0.910. The molecule has 0 amide bonds. The number of rotatable bonds is 5. The average Bonchev–Trinajstić information content (AvgIpc) is 1.78. The Morgan fingerprint density at radius 2 is 1.75 bits per heavy atom. The molecule has 0 fully saturated rings. The lowest BCUT2D eigenvalue weighted by atomic mass is 10.6. The van der Waals surface area contributed by atoms with Crippen LogP contribution in [0.4, 0.5) is 0 Å². The molecule has 0 spiro atoms. The van der Waals surface area contributed by atoms with Gasteiger partial charge in [0.25, 0.3) is 0 Å². The summed E-state index contributed by atoms with van der Waals surface area (Å²) in [5.74, 6) is 0.910. The number of hydrogen-bond donors (Lipinski definition) is 2. The second-order valence-electron chi connectivity index (χ2n) is 4.14. The minimum Gasteiger partial charge on any atom is -0.436 e. The highest BCUT2D eigenvalue weighted by Gasteiger charge is 2.31. The fourth-order valence-corrected chi connectivity index (χ4v) is 8.53. The van der Waals surface area contributed by atoms with E-state index in [0.29, 0.717) is 0 Å². The predicted molar refractivity (Wildman–Crippen MR) is 61.5 cm³/mol. The van der Waals surface area contributed by atoms with Gasteiger partial charge in [0.05, 0.1) is 0 Å². The summed E-state index contributed by atoms with van der Waals surface area (Å²) in [5, 5.41) is 0. The Balaban J connectivity index is 3.86. The van der Waals surface area contributed by atoms with Gasteiger partial charge in [0.1, 0.15) is 0 Å².